The lowest BCUT2D eigenvalue weighted by molar-refractivity contribution is 0.410. The zero-order valence-electron chi connectivity index (χ0n) is 17.9. The van der Waals surface area contributed by atoms with Crippen LogP contribution < -0.4 is 21.1 Å². The summed E-state index contributed by atoms with van der Waals surface area (Å²) < 4.78 is 7.32. The van der Waals surface area contributed by atoms with Gasteiger partial charge in [0.2, 0.25) is 5.95 Å². The fourth-order valence-corrected chi connectivity index (χ4v) is 3.86. The number of nitrogens with one attached hydrogen (secondary N) is 2. The Morgan fingerprint density at radius 3 is 2.53 bits per heavy atom. The number of imidazole rings is 1. The van der Waals surface area contributed by atoms with Gasteiger partial charge in [-0.1, -0.05) is 12.1 Å². The quantitative estimate of drug-likeness (QED) is 0.546. The summed E-state index contributed by atoms with van der Waals surface area (Å²) in [5, 5.41) is 6.98. The van der Waals surface area contributed by atoms with Gasteiger partial charge in [-0.05, 0) is 57.2 Å². The number of hydrogen-bond acceptors (Lipinski definition) is 7. The van der Waals surface area contributed by atoms with Crippen LogP contribution in [0, 0.1) is 0 Å². The van der Waals surface area contributed by atoms with Crippen LogP contribution in [0.5, 0.6) is 5.75 Å². The van der Waals surface area contributed by atoms with Crippen molar-refractivity contribution in [3.05, 3.63) is 36.2 Å². The molecule has 0 amide bonds. The zero-order valence-corrected chi connectivity index (χ0v) is 17.9. The van der Waals surface area contributed by atoms with Crippen LogP contribution in [0.3, 0.4) is 0 Å². The molecule has 2 heterocycles. The number of methoxy groups -OCH3 is 1. The minimum Gasteiger partial charge on any atom is -0.497 e. The highest BCUT2D eigenvalue weighted by molar-refractivity contribution is 5.84. The van der Waals surface area contributed by atoms with Crippen molar-refractivity contribution in [3.63, 3.8) is 0 Å². The molecule has 1 aliphatic carbocycles. The molecule has 2 aromatic heterocycles. The lowest BCUT2D eigenvalue weighted by atomic mass is 9.92. The number of nitrogens with zero attached hydrogens (tertiary/aromatic N) is 4. The van der Waals surface area contributed by atoms with Crippen LogP contribution in [0.25, 0.3) is 11.2 Å². The van der Waals surface area contributed by atoms with Crippen LogP contribution >= 0.6 is 0 Å². The van der Waals surface area contributed by atoms with Crippen molar-refractivity contribution in [2.75, 3.05) is 17.7 Å². The molecule has 1 saturated carbocycles. The SMILES string of the molecule is COc1ccc(CNc2nc(NC3CCC(N)CC3)nc3c2ncn3C(C)C)cc1. The highest BCUT2D eigenvalue weighted by atomic mass is 16.5. The minimum absolute atomic E-state index is 0.264. The van der Waals surface area contributed by atoms with Gasteiger partial charge in [0.05, 0.1) is 13.4 Å². The molecule has 0 bridgehead atoms. The number of aromatic nitrogens is 4. The van der Waals surface area contributed by atoms with Gasteiger partial charge >= 0.3 is 0 Å². The van der Waals surface area contributed by atoms with Gasteiger partial charge in [0.15, 0.2) is 17.0 Å². The van der Waals surface area contributed by atoms with Gasteiger partial charge in [-0.25, -0.2) is 4.98 Å². The second-order valence-electron chi connectivity index (χ2n) is 8.27. The maximum Gasteiger partial charge on any atom is 0.227 e. The standard InChI is InChI=1S/C22H31N7O/c1-14(2)29-13-25-19-20(24-12-15-4-10-18(30-3)11-5-15)27-22(28-21(19)29)26-17-8-6-16(23)7-9-17/h4-5,10-11,13-14,16-17H,6-9,12,23H2,1-3H3,(H2,24,26,27,28). The van der Waals surface area contributed by atoms with Crippen molar-refractivity contribution < 1.29 is 4.74 Å². The molecule has 0 spiro atoms. The van der Waals surface area contributed by atoms with Gasteiger partial charge in [0.1, 0.15) is 5.75 Å². The average Bonchev–Trinajstić information content (AvgIpc) is 3.18. The Kier molecular flexibility index (Phi) is 6.03. The summed E-state index contributed by atoms with van der Waals surface area (Å²) >= 11 is 0. The number of benzene rings is 1. The Bertz CT molecular complexity index is 975. The molecule has 4 N–H and O–H groups in total. The molecule has 0 unspecified atom stereocenters. The van der Waals surface area contributed by atoms with E-state index >= 15 is 0 Å². The van der Waals surface area contributed by atoms with Gasteiger partial charge < -0.3 is 25.7 Å². The second-order valence-corrected chi connectivity index (χ2v) is 8.27. The second kappa shape index (κ2) is 8.87. The van der Waals surface area contributed by atoms with Crippen LogP contribution in [0.15, 0.2) is 30.6 Å². The number of rotatable bonds is 7. The molecular weight excluding hydrogens is 378 g/mol. The first-order valence-corrected chi connectivity index (χ1v) is 10.7. The van der Waals surface area contributed by atoms with Gasteiger partial charge in [-0.3, -0.25) is 0 Å². The number of hydrogen-bond donors (Lipinski definition) is 3. The van der Waals surface area contributed by atoms with E-state index in [4.69, 9.17) is 20.4 Å². The topological polar surface area (TPSA) is 103 Å². The molecule has 0 saturated heterocycles. The van der Waals surface area contributed by atoms with Gasteiger partial charge in [0, 0.05) is 24.7 Å². The number of fused-ring (bicyclic) bond motifs is 1. The molecular formula is C22H31N7O. The number of anilines is 2. The summed E-state index contributed by atoms with van der Waals surface area (Å²) in [4.78, 5) is 14.2. The molecule has 8 heteroatoms. The van der Waals surface area contributed by atoms with E-state index in [0.29, 0.717) is 24.6 Å². The van der Waals surface area contributed by atoms with E-state index in [0.717, 1.165) is 54.0 Å². The largest absolute Gasteiger partial charge is 0.497 e. The maximum atomic E-state index is 6.05. The zero-order chi connectivity index (χ0) is 21.1. The molecule has 1 aromatic carbocycles. The van der Waals surface area contributed by atoms with Crippen LogP contribution in [-0.4, -0.2) is 38.7 Å². The summed E-state index contributed by atoms with van der Waals surface area (Å²) in [6, 6.07) is 8.94. The summed E-state index contributed by atoms with van der Waals surface area (Å²) in [7, 11) is 1.67. The summed E-state index contributed by atoms with van der Waals surface area (Å²) in [6.07, 6.45) is 5.99. The summed E-state index contributed by atoms with van der Waals surface area (Å²) in [5.74, 6) is 2.23. The maximum absolute atomic E-state index is 6.05. The third-order valence-electron chi connectivity index (χ3n) is 5.70. The lowest BCUT2D eigenvalue weighted by Crippen LogP contribution is -2.33. The van der Waals surface area contributed by atoms with Crippen LogP contribution in [0.2, 0.25) is 0 Å². The molecule has 1 fully saturated rings. The molecule has 0 atom stereocenters. The third-order valence-corrected chi connectivity index (χ3v) is 5.70. The van der Waals surface area contributed by atoms with Crippen molar-refractivity contribution in [2.24, 2.45) is 5.73 Å². The van der Waals surface area contributed by atoms with E-state index < -0.39 is 0 Å². The Balaban J connectivity index is 1.59. The predicted molar refractivity (Wildman–Crippen MR) is 120 cm³/mol. The van der Waals surface area contributed by atoms with E-state index in [1.165, 1.54) is 0 Å². The van der Waals surface area contributed by atoms with E-state index in [1.54, 1.807) is 7.11 Å². The summed E-state index contributed by atoms with van der Waals surface area (Å²) in [5.41, 5.74) is 8.82. The van der Waals surface area contributed by atoms with E-state index in [-0.39, 0.29) is 6.04 Å². The lowest BCUT2D eigenvalue weighted by Gasteiger charge is -2.27. The molecule has 30 heavy (non-hydrogen) atoms. The first-order chi connectivity index (χ1) is 14.5. The molecule has 160 valence electrons. The molecule has 0 aliphatic heterocycles. The average molecular weight is 410 g/mol. The molecule has 0 radical (unpaired) electrons. The molecule has 3 aromatic rings. The number of ether oxygens (including phenoxy) is 1. The first kappa shape index (κ1) is 20.4. The van der Waals surface area contributed by atoms with Gasteiger partial charge in [0.25, 0.3) is 0 Å². The molecule has 4 rings (SSSR count). The van der Waals surface area contributed by atoms with Crippen LogP contribution in [0.1, 0.15) is 51.1 Å². The van der Waals surface area contributed by atoms with Gasteiger partial charge in [-0.15, -0.1) is 0 Å². The third kappa shape index (κ3) is 4.48. The van der Waals surface area contributed by atoms with Crippen molar-refractivity contribution in [2.45, 2.75) is 64.2 Å². The van der Waals surface area contributed by atoms with E-state index in [1.807, 2.05) is 30.6 Å². The fraction of sp³-hybridized carbons (Fsp3) is 0.500. The Labute approximate surface area is 177 Å². The smallest absolute Gasteiger partial charge is 0.227 e. The van der Waals surface area contributed by atoms with Crippen molar-refractivity contribution >= 4 is 22.9 Å². The first-order valence-electron chi connectivity index (χ1n) is 10.7. The molecule has 8 nitrogen and oxygen atoms in total. The predicted octanol–water partition coefficient (Wildman–Crippen LogP) is 3.71. The highest BCUT2D eigenvalue weighted by Crippen LogP contribution is 2.26. The van der Waals surface area contributed by atoms with E-state index in [9.17, 15) is 0 Å². The summed E-state index contributed by atoms with van der Waals surface area (Å²) in [6.45, 7) is 4.90. The van der Waals surface area contributed by atoms with Crippen LogP contribution in [0.4, 0.5) is 11.8 Å². The Morgan fingerprint density at radius 2 is 1.87 bits per heavy atom. The van der Waals surface area contributed by atoms with Crippen molar-refractivity contribution in [1.82, 2.24) is 19.5 Å². The monoisotopic (exact) mass is 409 g/mol. The van der Waals surface area contributed by atoms with E-state index in [2.05, 4.69) is 34.0 Å². The fourth-order valence-electron chi connectivity index (χ4n) is 3.86. The Hall–Kier alpha value is -2.87. The number of nitrogens with two attached hydrogens (primary N) is 1. The van der Waals surface area contributed by atoms with Crippen molar-refractivity contribution in [1.29, 1.82) is 0 Å². The van der Waals surface area contributed by atoms with Crippen molar-refractivity contribution in [3.8, 4) is 5.75 Å². The normalized spacial score (nSPS) is 19.2. The van der Waals surface area contributed by atoms with Gasteiger partial charge in [-0.2, -0.15) is 9.97 Å². The highest BCUT2D eigenvalue weighted by Gasteiger charge is 2.21. The Morgan fingerprint density at radius 1 is 1.13 bits per heavy atom. The van der Waals surface area contributed by atoms with Crippen LogP contribution in [-0.2, 0) is 6.54 Å². The molecule has 1 aliphatic rings. The minimum atomic E-state index is 0.264.